The molecule has 0 unspecified atom stereocenters. The lowest BCUT2D eigenvalue weighted by Gasteiger charge is -2.08. The van der Waals surface area contributed by atoms with Gasteiger partial charge in [-0.3, -0.25) is 0 Å². The normalized spacial score (nSPS) is 11.5. The fraction of sp³-hybridized carbons (Fsp3) is 0.231. The molecule has 114 valence electrons. The van der Waals surface area contributed by atoms with E-state index in [4.69, 9.17) is 10.6 Å². The number of benzene rings is 1. The molecule has 2 aromatic heterocycles. The van der Waals surface area contributed by atoms with Crippen molar-refractivity contribution >= 4 is 15.9 Å². The summed E-state index contributed by atoms with van der Waals surface area (Å²) in [6.07, 6.45) is 0. The van der Waals surface area contributed by atoms with Crippen LogP contribution >= 0.6 is 15.9 Å². The van der Waals surface area contributed by atoms with Gasteiger partial charge in [-0.2, -0.15) is 4.68 Å². The summed E-state index contributed by atoms with van der Waals surface area (Å²) in [5.74, 6) is 0.844. The van der Waals surface area contributed by atoms with Gasteiger partial charge in [-0.25, -0.2) is 4.79 Å². The van der Waals surface area contributed by atoms with Crippen LogP contribution in [0.2, 0.25) is 0 Å². The molecule has 0 atom stereocenters. The second-order valence-corrected chi connectivity index (χ2v) is 5.26. The molecular formula is C13H12BrN5O3. The Morgan fingerprint density at radius 3 is 2.95 bits per heavy atom. The molecule has 3 rings (SSSR count). The van der Waals surface area contributed by atoms with Gasteiger partial charge in [0.1, 0.15) is 12.4 Å². The first-order valence-electron chi connectivity index (χ1n) is 6.81. The van der Waals surface area contributed by atoms with Gasteiger partial charge in [-0.1, -0.05) is 23.3 Å². The van der Waals surface area contributed by atoms with E-state index >= 15 is 0 Å². The van der Waals surface area contributed by atoms with Crippen molar-refractivity contribution in [1.29, 1.82) is 0 Å². The molecule has 1 aromatic carbocycles. The highest BCUT2D eigenvalue weighted by Gasteiger charge is 2.20. The maximum absolute atomic E-state index is 11.9. The molecule has 0 amide bonds. The Kier molecular flexibility index (Phi) is 3.47. The predicted octanol–water partition coefficient (Wildman–Crippen LogP) is 1.60. The van der Waals surface area contributed by atoms with Crippen LogP contribution in [-0.2, 0) is 13.7 Å². The number of tetrazole rings is 1. The summed E-state index contributed by atoms with van der Waals surface area (Å²) >= 11 is 3.24. The third-order valence-electron chi connectivity index (χ3n) is 3.03. The van der Waals surface area contributed by atoms with Crippen LogP contribution < -0.4 is 10.4 Å². The van der Waals surface area contributed by atoms with E-state index in [1.165, 1.54) is 7.05 Å². The van der Waals surface area contributed by atoms with E-state index in [2.05, 4.69) is 31.5 Å². The van der Waals surface area contributed by atoms with E-state index in [0.29, 0.717) is 22.0 Å². The zero-order chi connectivity index (χ0) is 16.6. The number of nitrogens with zero attached hydrogens (tertiary/aromatic N) is 5. The summed E-state index contributed by atoms with van der Waals surface area (Å²) in [4.78, 5) is 11.9. The molecule has 8 nitrogen and oxygen atoms in total. The lowest BCUT2D eigenvalue weighted by Crippen LogP contribution is -2.23. The standard InChI is InChI=1S/C13H12BrN5O3/c1-8-5-3-4-6-10(8)21-7-9-11(14)22-15-12(9)19-13(20)18(2)16-17-19/h3-6H,7H2,1-2H3/i3T. The molecular weight excluding hydrogens is 354 g/mol. The first-order valence-corrected chi connectivity index (χ1v) is 7.10. The lowest BCUT2D eigenvalue weighted by molar-refractivity contribution is 0.300. The summed E-state index contributed by atoms with van der Waals surface area (Å²) in [7, 11) is 1.49. The maximum atomic E-state index is 11.9. The van der Waals surface area contributed by atoms with Crippen LogP contribution in [0.4, 0.5) is 0 Å². The first kappa shape index (κ1) is 13.3. The number of halogens is 1. The lowest BCUT2D eigenvalue weighted by atomic mass is 10.2. The molecule has 22 heavy (non-hydrogen) atoms. The molecule has 0 aliphatic carbocycles. The minimum Gasteiger partial charge on any atom is -0.488 e. The average molecular weight is 368 g/mol. The van der Waals surface area contributed by atoms with E-state index < -0.39 is 5.69 Å². The number of ether oxygens (including phenoxy) is 1. The third-order valence-corrected chi connectivity index (χ3v) is 3.66. The van der Waals surface area contributed by atoms with Crippen molar-refractivity contribution < 1.29 is 10.6 Å². The molecule has 0 radical (unpaired) electrons. The van der Waals surface area contributed by atoms with Crippen molar-refractivity contribution in [1.82, 2.24) is 24.9 Å². The van der Waals surface area contributed by atoms with E-state index in [9.17, 15) is 4.79 Å². The van der Waals surface area contributed by atoms with E-state index in [-0.39, 0.29) is 12.4 Å². The van der Waals surface area contributed by atoms with Crippen LogP contribution in [0.1, 0.15) is 12.5 Å². The number of aryl methyl sites for hydroxylation is 2. The van der Waals surface area contributed by atoms with Gasteiger partial charge in [0.25, 0.3) is 0 Å². The van der Waals surface area contributed by atoms with E-state index in [1.807, 2.05) is 6.92 Å². The fourth-order valence-electron chi connectivity index (χ4n) is 1.83. The van der Waals surface area contributed by atoms with Gasteiger partial charge in [-0.15, -0.1) is 4.68 Å². The number of hydrogen-bond acceptors (Lipinski definition) is 6. The topological polar surface area (TPSA) is 88.0 Å². The number of rotatable bonds is 4. The largest absolute Gasteiger partial charge is 0.488 e. The zero-order valence-electron chi connectivity index (χ0n) is 12.8. The van der Waals surface area contributed by atoms with Crippen LogP contribution in [0.3, 0.4) is 0 Å². The van der Waals surface area contributed by atoms with Gasteiger partial charge in [0.2, 0.25) is 10.5 Å². The molecule has 9 heteroatoms. The molecule has 0 spiro atoms. The number of para-hydroxylation sites is 1. The van der Waals surface area contributed by atoms with Crippen molar-refractivity contribution in [2.45, 2.75) is 13.5 Å². The van der Waals surface area contributed by atoms with Gasteiger partial charge in [0.15, 0.2) is 0 Å². The average Bonchev–Trinajstić information content (AvgIpc) is 3.02. The highest BCUT2D eigenvalue weighted by atomic mass is 79.9. The minimum atomic E-state index is -0.443. The Morgan fingerprint density at radius 2 is 2.27 bits per heavy atom. The highest BCUT2D eigenvalue weighted by Crippen LogP contribution is 2.25. The van der Waals surface area contributed by atoms with Gasteiger partial charge in [0, 0.05) is 7.05 Å². The van der Waals surface area contributed by atoms with Crippen LogP contribution in [0.15, 0.2) is 38.2 Å². The third kappa shape index (κ3) is 2.54. The van der Waals surface area contributed by atoms with Gasteiger partial charge < -0.3 is 9.26 Å². The molecule has 0 bridgehead atoms. The molecule has 0 aliphatic heterocycles. The van der Waals surface area contributed by atoms with Crippen LogP contribution in [-0.4, -0.2) is 24.9 Å². The van der Waals surface area contributed by atoms with E-state index in [0.717, 1.165) is 14.9 Å². The molecule has 0 aliphatic rings. The zero-order valence-corrected chi connectivity index (χ0v) is 13.4. The van der Waals surface area contributed by atoms with Gasteiger partial charge in [-0.05, 0) is 44.9 Å². The summed E-state index contributed by atoms with van der Waals surface area (Å²) in [6, 6.07) is 5.46. The highest BCUT2D eigenvalue weighted by molar-refractivity contribution is 9.10. The van der Waals surface area contributed by atoms with Crippen molar-refractivity contribution in [2.24, 2.45) is 7.05 Å². The summed E-state index contributed by atoms with van der Waals surface area (Å²) in [5.41, 5.74) is 0.923. The minimum absolute atomic E-state index is 0.112. The van der Waals surface area contributed by atoms with Crippen LogP contribution in [0.25, 0.3) is 5.82 Å². The van der Waals surface area contributed by atoms with Crippen molar-refractivity contribution in [3.8, 4) is 11.6 Å². The van der Waals surface area contributed by atoms with E-state index in [1.54, 1.807) is 18.2 Å². The molecule has 3 aromatic rings. The smallest absolute Gasteiger partial charge is 0.369 e. The molecule has 2 heterocycles. The monoisotopic (exact) mass is 367 g/mol. The van der Waals surface area contributed by atoms with Gasteiger partial charge in [0.05, 0.1) is 6.93 Å². The Morgan fingerprint density at radius 1 is 1.45 bits per heavy atom. The molecule has 0 fully saturated rings. The quantitative estimate of drug-likeness (QED) is 0.695. The second kappa shape index (κ2) is 5.76. The maximum Gasteiger partial charge on any atom is 0.369 e. The summed E-state index contributed by atoms with van der Waals surface area (Å²) in [6.45, 7) is 1.96. The van der Waals surface area contributed by atoms with Crippen LogP contribution in [0.5, 0.6) is 5.75 Å². The second-order valence-electron chi connectivity index (χ2n) is 4.54. The molecule has 0 N–H and O–H groups in total. The van der Waals surface area contributed by atoms with Crippen molar-refractivity contribution in [3.05, 3.63) is 50.5 Å². The summed E-state index contributed by atoms with van der Waals surface area (Å²) < 4.78 is 20.9. The Balaban J connectivity index is 1.90. The molecule has 0 saturated heterocycles. The van der Waals surface area contributed by atoms with Gasteiger partial charge >= 0.3 is 5.69 Å². The number of aromatic nitrogens is 5. The van der Waals surface area contributed by atoms with Crippen molar-refractivity contribution in [2.75, 3.05) is 0 Å². The molecule has 0 saturated carbocycles. The SMILES string of the molecule is [3H]c1ccc(OCc2c(-n3nnn(C)c3=O)noc2Br)c(C)c1. The van der Waals surface area contributed by atoms with Crippen LogP contribution in [0, 0.1) is 6.92 Å². The Hall–Kier alpha value is -2.42. The fourth-order valence-corrected chi connectivity index (χ4v) is 2.19. The Labute approximate surface area is 134 Å². The first-order chi connectivity index (χ1) is 11.0. The van der Waals surface area contributed by atoms with Crippen molar-refractivity contribution in [3.63, 3.8) is 0 Å². The number of hydrogen-bond donors (Lipinski definition) is 0. The summed E-state index contributed by atoms with van der Waals surface area (Å²) in [5, 5.41) is 11.2. The predicted molar refractivity (Wildman–Crippen MR) is 79.9 cm³/mol. The Bertz CT molecular complexity index is 917.